The third kappa shape index (κ3) is 4.00. The van der Waals surface area contributed by atoms with Crippen LogP contribution in [0.5, 0.6) is 0 Å². The average Bonchev–Trinajstić information content (AvgIpc) is 2.90. The van der Waals surface area contributed by atoms with E-state index in [4.69, 9.17) is 0 Å². The first-order valence-electron chi connectivity index (χ1n) is 7.96. The number of carbonyl (C=O) groups excluding carboxylic acids is 1. The van der Waals surface area contributed by atoms with E-state index in [1.165, 1.54) is 0 Å². The topological polar surface area (TPSA) is 75.6 Å². The van der Waals surface area contributed by atoms with Crippen LogP contribution in [0.1, 0.15) is 25.3 Å². The van der Waals surface area contributed by atoms with Crippen LogP contribution in [-0.2, 0) is 14.6 Å². The molecule has 126 valence electrons. The molecule has 2 aromatic carbocycles. The van der Waals surface area contributed by atoms with Gasteiger partial charge in [-0.2, -0.15) is 5.10 Å². The summed E-state index contributed by atoms with van der Waals surface area (Å²) in [6, 6.07) is 14.1. The lowest BCUT2D eigenvalue weighted by Crippen LogP contribution is -2.22. The molecular formula is C18H20N2O3S. The van der Waals surface area contributed by atoms with E-state index in [1.54, 1.807) is 0 Å². The zero-order valence-corrected chi connectivity index (χ0v) is 14.3. The molecule has 1 saturated heterocycles. The summed E-state index contributed by atoms with van der Waals surface area (Å²) in [4.78, 5) is 11.9. The first-order chi connectivity index (χ1) is 11.4. The van der Waals surface area contributed by atoms with Gasteiger partial charge in [-0.15, -0.1) is 0 Å². The first kappa shape index (κ1) is 16.6. The van der Waals surface area contributed by atoms with Crippen molar-refractivity contribution in [3.8, 4) is 0 Å². The van der Waals surface area contributed by atoms with Gasteiger partial charge in [0.1, 0.15) is 0 Å². The molecule has 1 atom stereocenters. The van der Waals surface area contributed by atoms with Crippen LogP contribution in [0, 0.1) is 5.92 Å². The van der Waals surface area contributed by atoms with Crippen molar-refractivity contribution in [2.24, 2.45) is 11.0 Å². The monoisotopic (exact) mass is 344 g/mol. The van der Waals surface area contributed by atoms with Gasteiger partial charge in [-0.05, 0) is 41.7 Å². The first-order valence-corrected chi connectivity index (χ1v) is 9.78. The van der Waals surface area contributed by atoms with Crippen molar-refractivity contribution >= 4 is 32.2 Å². The Morgan fingerprint density at radius 3 is 2.67 bits per heavy atom. The zero-order valence-electron chi connectivity index (χ0n) is 13.5. The van der Waals surface area contributed by atoms with Gasteiger partial charge >= 0.3 is 0 Å². The highest BCUT2D eigenvalue weighted by atomic mass is 32.2. The van der Waals surface area contributed by atoms with Crippen LogP contribution in [-0.4, -0.2) is 31.5 Å². The van der Waals surface area contributed by atoms with E-state index in [2.05, 4.69) is 10.5 Å². The van der Waals surface area contributed by atoms with Gasteiger partial charge < -0.3 is 0 Å². The Balaban J connectivity index is 1.63. The molecule has 1 amide bonds. The lowest BCUT2D eigenvalue weighted by atomic mass is 10.0. The Labute approximate surface area is 141 Å². The number of hydrazone groups is 1. The smallest absolute Gasteiger partial charge is 0.240 e. The average molecular weight is 344 g/mol. The molecule has 1 heterocycles. The van der Waals surface area contributed by atoms with Crippen LogP contribution < -0.4 is 5.43 Å². The largest absolute Gasteiger partial charge is 0.273 e. The molecule has 0 bridgehead atoms. The highest BCUT2D eigenvalue weighted by molar-refractivity contribution is 7.91. The van der Waals surface area contributed by atoms with Gasteiger partial charge in [-0.25, -0.2) is 13.8 Å². The molecule has 1 fully saturated rings. The Morgan fingerprint density at radius 2 is 1.96 bits per heavy atom. The summed E-state index contributed by atoms with van der Waals surface area (Å²) in [5.74, 6) is -0.0404. The Bertz CT molecular complexity index is 903. The van der Waals surface area contributed by atoms with Gasteiger partial charge in [-0.3, -0.25) is 4.79 Å². The third-order valence-electron chi connectivity index (χ3n) is 4.32. The summed E-state index contributed by atoms with van der Waals surface area (Å²) in [5, 5.41) is 6.42. The molecule has 0 saturated carbocycles. The predicted molar refractivity (Wildman–Crippen MR) is 95.7 cm³/mol. The molecule has 1 N–H and O–H groups in total. The number of carbonyl (C=O) groups is 1. The summed E-state index contributed by atoms with van der Waals surface area (Å²) in [6.07, 6.45) is 0.761. The van der Waals surface area contributed by atoms with Gasteiger partial charge in [0.05, 0.1) is 17.2 Å². The zero-order chi connectivity index (χ0) is 17.2. The molecule has 0 unspecified atom stereocenters. The van der Waals surface area contributed by atoms with Crippen LogP contribution in [0.2, 0.25) is 0 Å². The number of hydrogen-bond acceptors (Lipinski definition) is 4. The SMILES string of the molecule is C/C(=N/NC(=O)C[C@@H]1CCS(=O)(=O)C1)c1ccc2ccccc2c1. The van der Waals surface area contributed by atoms with Crippen molar-refractivity contribution in [1.82, 2.24) is 5.43 Å². The van der Waals surface area contributed by atoms with Gasteiger partial charge in [0, 0.05) is 6.42 Å². The predicted octanol–water partition coefficient (Wildman–Crippen LogP) is 2.50. The van der Waals surface area contributed by atoms with Crippen molar-refractivity contribution in [2.45, 2.75) is 19.8 Å². The number of rotatable bonds is 4. The second kappa shape index (κ2) is 6.73. The van der Waals surface area contributed by atoms with E-state index in [0.29, 0.717) is 12.1 Å². The van der Waals surface area contributed by atoms with Crippen LogP contribution in [0.15, 0.2) is 47.6 Å². The molecule has 5 nitrogen and oxygen atoms in total. The molecule has 0 radical (unpaired) electrons. The van der Waals surface area contributed by atoms with Crippen molar-refractivity contribution in [1.29, 1.82) is 0 Å². The summed E-state index contributed by atoms with van der Waals surface area (Å²) >= 11 is 0. The minimum atomic E-state index is -2.95. The van der Waals surface area contributed by atoms with Crippen molar-refractivity contribution in [3.05, 3.63) is 48.0 Å². The minimum absolute atomic E-state index is 0.0915. The second-order valence-corrected chi connectivity index (χ2v) is 8.50. The van der Waals surface area contributed by atoms with E-state index in [9.17, 15) is 13.2 Å². The molecule has 1 aliphatic heterocycles. The molecule has 1 aliphatic rings. The van der Waals surface area contributed by atoms with Gasteiger partial charge in [0.2, 0.25) is 5.91 Å². The van der Waals surface area contributed by atoms with Crippen LogP contribution in [0.4, 0.5) is 0 Å². The third-order valence-corrected chi connectivity index (χ3v) is 6.15. The number of benzene rings is 2. The van der Waals surface area contributed by atoms with Gasteiger partial charge in [0.15, 0.2) is 9.84 Å². The summed E-state index contributed by atoms with van der Waals surface area (Å²) in [7, 11) is -2.95. The van der Waals surface area contributed by atoms with Crippen molar-refractivity contribution in [2.75, 3.05) is 11.5 Å². The quantitative estimate of drug-likeness (QED) is 0.684. The van der Waals surface area contributed by atoms with Crippen molar-refractivity contribution in [3.63, 3.8) is 0 Å². The minimum Gasteiger partial charge on any atom is -0.273 e. The standard InChI is InChI=1S/C18H20N2O3S/c1-13(16-7-6-15-4-2-3-5-17(15)11-16)19-20-18(21)10-14-8-9-24(22,23)12-14/h2-7,11,14H,8-10,12H2,1H3,(H,20,21)/b19-13-/t14-/m0/s1. The number of nitrogens with one attached hydrogen (secondary N) is 1. The molecule has 0 spiro atoms. The Morgan fingerprint density at radius 1 is 1.21 bits per heavy atom. The van der Waals surface area contributed by atoms with E-state index < -0.39 is 9.84 Å². The number of sulfone groups is 1. The van der Waals surface area contributed by atoms with E-state index >= 15 is 0 Å². The van der Waals surface area contributed by atoms with Crippen molar-refractivity contribution < 1.29 is 13.2 Å². The van der Waals surface area contributed by atoms with E-state index in [0.717, 1.165) is 16.3 Å². The van der Waals surface area contributed by atoms with Crippen LogP contribution in [0.3, 0.4) is 0 Å². The molecular weight excluding hydrogens is 324 g/mol. The number of fused-ring (bicyclic) bond motifs is 1. The molecule has 6 heteroatoms. The normalized spacial score (nSPS) is 20.2. The molecule has 24 heavy (non-hydrogen) atoms. The number of nitrogens with zero attached hydrogens (tertiary/aromatic N) is 1. The van der Waals surface area contributed by atoms with E-state index in [-0.39, 0.29) is 29.8 Å². The molecule has 2 aromatic rings. The maximum Gasteiger partial charge on any atom is 0.240 e. The Kier molecular flexibility index (Phi) is 4.66. The second-order valence-electron chi connectivity index (χ2n) is 6.27. The maximum atomic E-state index is 11.9. The Hall–Kier alpha value is -2.21. The lowest BCUT2D eigenvalue weighted by Gasteiger charge is -2.07. The summed E-state index contributed by atoms with van der Waals surface area (Å²) < 4.78 is 22.8. The van der Waals surface area contributed by atoms with Gasteiger partial charge in [-0.1, -0.05) is 36.4 Å². The fraction of sp³-hybridized carbons (Fsp3) is 0.333. The van der Waals surface area contributed by atoms with Crippen LogP contribution in [0.25, 0.3) is 10.8 Å². The van der Waals surface area contributed by atoms with Crippen LogP contribution >= 0.6 is 0 Å². The fourth-order valence-corrected chi connectivity index (χ4v) is 4.83. The lowest BCUT2D eigenvalue weighted by molar-refractivity contribution is -0.121. The number of amides is 1. The highest BCUT2D eigenvalue weighted by Gasteiger charge is 2.29. The maximum absolute atomic E-state index is 11.9. The fourth-order valence-electron chi connectivity index (χ4n) is 2.97. The summed E-state index contributed by atoms with van der Waals surface area (Å²) in [6.45, 7) is 1.84. The molecule has 0 aliphatic carbocycles. The molecule has 0 aromatic heterocycles. The van der Waals surface area contributed by atoms with E-state index in [1.807, 2.05) is 49.4 Å². The van der Waals surface area contributed by atoms with Gasteiger partial charge in [0.25, 0.3) is 0 Å². The highest BCUT2D eigenvalue weighted by Crippen LogP contribution is 2.21. The summed E-state index contributed by atoms with van der Waals surface area (Å²) in [5.41, 5.74) is 4.20. The number of hydrogen-bond donors (Lipinski definition) is 1. The molecule has 3 rings (SSSR count).